The maximum Gasteiger partial charge on any atom is 0.307 e. The number of carboxylic acids is 1. The van der Waals surface area contributed by atoms with Crippen LogP contribution in [0.3, 0.4) is 0 Å². The van der Waals surface area contributed by atoms with Gasteiger partial charge in [0.2, 0.25) is 11.9 Å². The highest BCUT2D eigenvalue weighted by Crippen LogP contribution is 2.25. The van der Waals surface area contributed by atoms with Crippen molar-refractivity contribution in [2.24, 2.45) is 0 Å². The molecule has 0 spiro atoms. The summed E-state index contributed by atoms with van der Waals surface area (Å²) in [5, 5.41) is 24.2. The molecule has 3 N–H and O–H groups in total. The number of hydrogen-bond donors (Lipinski definition) is 2. The molecule has 8 rings (SSSR count). The Morgan fingerprint density at radius 1 is 0.525 bits per heavy atom. The number of rotatable bonds is 10. The Bertz CT molecular complexity index is 2730. The number of Topliss-reactive ketones (excluding diaryl/α,β-unsaturated/α-hetero) is 1. The molecule has 16 heteroatoms. The topological polar surface area (TPSA) is 184 Å². The van der Waals surface area contributed by atoms with E-state index in [2.05, 4.69) is 40.3 Å². The zero-order valence-corrected chi connectivity index (χ0v) is 31.9. The Morgan fingerprint density at radius 2 is 1.05 bits per heavy atom. The van der Waals surface area contributed by atoms with Crippen LogP contribution in [-0.4, -0.2) is 57.2 Å². The summed E-state index contributed by atoms with van der Waals surface area (Å²) in [6, 6.07) is 28.4. The summed E-state index contributed by atoms with van der Waals surface area (Å²) in [6.45, 7) is 0. The van der Waals surface area contributed by atoms with Gasteiger partial charge in [0.15, 0.2) is 0 Å². The Hall–Kier alpha value is -8.14. The Kier molecular flexibility index (Phi) is 14.3. The van der Waals surface area contributed by atoms with E-state index >= 15 is 0 Å². The lowest BCUT2D eigenvalue weighted by molar-refractivity contribution is -0.136. The second kappa shape index (κ2) is 20.5. The molecule has 0 saturated heterocycles. The number of carbonyl (C=O) groups is 2. The molecule has 6 heterocycles. The standard InChI is InChI=1S/C23H16F2N4O.C13H9F2NO2.C9H8N4/c24-21-11-15(3-6-20(21)16-7-9-26-23(25)12-16)10-19(30)13-18-5-4-17(14-27-18)22-2-1-8-28-29-22;14-11-5-8(6-13(17)18)1-2-10(11)9-3-4-16-12(15)7-9;10-9-4-3-7(6-11-9)8-2-1-5-12-13-8/h1-9,11-12,14H,10,13H2;1-5,7H,6H2,(H,17,18);1-6H,(H2,10,11). The monoisotopic (exact) mass is 823 g/mol. The largest absolute Gasteiger partial charge is 0.481 e. The van der Waals surface area contributed by atoms with Gasteiger partial charge >= 0.3 is 5.97 Å². The Morgan fingerprint density at radius 3 is 1.48 bits per heavy atom. The molecular weight excluding hydrogens is 791 g/mol. The molecule has 0 aliphatic rings. The van der Waals surface area contributed by atoms with Crippen LogP contribution in [0.2, 0.25) is 0 Å². The fourth-order valence-corrected chi connectivity index (χ4v) is 5.76. The minimum Gasteiger partial charge on any atom is -0.481 e. The minimum atomic E-state index is -1.03. The highest BCUT2D eigenvalue weighted by atomic mass is 19.1. The SMILES string of the molecule is Nc1ccc(-c2cccnn2)cn1.O=C(Cc1ccc(-c2ccnc(F)c2)c(F)c1)Cc1ccc(-c2cccnn2)cn1.O=C(O)Cc1ccc(-c2ccnc(F)c2)c(F)c1. The molecule has 0 fully saturated rings. The van der Waals surface area contributed by atoms with Crippen molar-refractivity contribution in [3.05, 3.63) is 187 Å². The van der Waals surface area contributed by atoms with Crippen LogP contribution in [0.25, 0.3) is 44.8 Å². The molecule has 0 radical (unpaired) electrons. The number of carboxylic acid groups (broad SMARTS) is 1. The van der Waals surface area contributed by atoms with Crippen molar-refractivity contribution in [3.63, 3.8) is 0 Å². The summed E-state index contributed by atoms with van der Waals surface area (Å²) in [6.07, 6.45) is 9.05. The highest BCUT2D eigenvalue weighted by molar-refractivity contribution is 5.83. The van der Waals surface area contributed by atoms with Gasteiger partial charge in [0, 0.05) is 90.1 Å². The number of aromatic nitrogens is 8. The van der Waals surface area contributed by atoms with Gasteiger partial charge < -0.3 is 10.8 Å². The van der Waals surface area contributed by atoms with Crippen molar-refractivity contribution >= 4 is 17.6 Å². The third-order valence-electron chi connectivity index (χ3n) is 8.62. The molecule has 61 heavy (non-hydrogen) atoms. The van der Waals surface area contributed by atoms with Gasteiger partial charge in [0.25, 0.3) is 0 Å². The summed E-state index contributed by atoms with van der Waals surface area (Å²) in [5.41, 5.74) is 11.4. The third-order valence-corrected chi connectivity index (χ3v) is 8.62. The van der Waals surface area contributed by atoms with Crippen LogP contribution in [-0.2, 0) is 28.9 Å². The number of carbonyl (C=O) groups excluding carboxylic acids is 1. The number of nitrogens with two attached hydrogens (primary N) is 1. The lowest BCUT2D eigenvalue weighted by Crippen LogP contribution is -2.08. The normalized spacial score (nSPS) is 10.4. The van der Waals surface area contributed by atoms with E-state index in [1.165, 1.54) is 48.8 Å². The third kappa shape index (κ3) is 12.4. The van der Waals surface area contributed by atoms with Gasteiger partial charge in [0.1, 0.15) is 23.2 Å². The van der Waals surface area contributed by atoms with Gasteiger partial charge in [-0.25, -0.2) is 23.7 Å². The van der Waals surface area contributed by atoms with E-state index in [0.717, 1.165) is 29.0 Å². The van der Waals surface area contributed by atoms with Crippen molar-refractivity contribution in [3.8, 4) is 44.8 Å². The Balaban J connectivity index is 0.000000170. The van der Waals surface area contributed by atoms with E-state index in [0.29, 0.717) is 39.5 Å². The maximum absolute atomic E-state index is 14.5. The molecule has 0 aliphatic heterocycles. The Labute approximate surface area is 345 Å². The summed E-state index contributed by atoms with van der Waals surface area (Å²) in [4.78, 5) is 38.0. The van der Waals surface area contributed by atoms with Gasteiger partial charge in [-0.05, 0) is 95.1 Å². The van der Waals surface area contributed by atoms with Gasteiger partial charge in [-0.1, -0.05) is 24.3 Å². The molecule has 8 aromatic rings. The fraction of sp³-hybridized carbons (Fsp3) is 0.0667. The average molecular weight is 824 g/mol. The number of pyridine rings is 4. The first-order valence-electron chi connectivity index (χ1n) is 18.3. The minimum absolute atomic E-state index is 0.0789. The van der Waals surface area contributed by atoms with Crippen molar-refractivity contribution < 1.29 is 32.3 Å². The molecule has 0 aliphatic carbocycles. The van der Waals surface area contributed by atoms with Crippen molar-refractivity contribution in [2.75, 3.05) is 5.73 Å². The number of anilines is 1. The lowest BCUT2D eigenvalue weighted by atomic mass is 10.0. The smallest absolute Gasteiger partial charge is 0.307 e. The summed E-state index contributed by atoms with van der Waals surface area (Å²) >= 11 is 0. The van der Waals surface area contributed by atoms with Crippen molar-refractivity contribution in [2.45, 2.75) is 19.3 Å². The zero-order valence-electron chi connectivity index (χ0n) is 31.9. The first kappa shape index (κ1) is 42.5. The van der Waals surface area contributed by atoms with Crippen molar-refractivity contribution in [1.29, 1.82) is 0 Å². The van der Waals surface area contributed by atoms with Crippen LogP contribution in [0.4, 0.5) is 23.4 Å². The van der Waals surface area contributed by atoms with Crippen LogP contribution in [0.5, 0.6) is 0 Å². The van der Waals surface area contributed by atoms with Crippen molar-refractivity contribution in [1.82, 2.24) is 40.3 Å². The number of ketones is 1. The van der Waals surface area contributed by atoms with Gasteiger partial charge in [-0.15, -0.1) is 0 Å². The quantitative estimate of drug-likeness (QED) is 0.100. The first-order valence-corrected chi connectivity index (χ1v) is 18.3. The zero-order chi connectivity index (χ0) is 43.1. The summed E-state index contributed by atoms with van der Waals surface area (Å²) < 4.78 is 54.5. The average Bonchev–Trinajstić information content (AvgIpc) is 3.25. The molecule has 0 amide bonds. The van der Waals surface area contributed by atoms with Crippen LogP contribution in [0.1, 0.15) is 16.8 Å². The molecule has 6 aromatic heterocycles. The second-order valence-electron chi connectivity index (χ2n) is 13.1. The molecule has 12 nitrogen and oxygen atoms in total. The molecule has 304 valence electrons. The van der Waals surface area contributed by atoms with E-state index < -0.39 is 29.5 Å². The number of nitrogens with zero attached hydrogens (tertiary/aromatic N) is 8. The van der Waals surface area contributed by atoms with Crippen LogP contribution in [0, 0.1) is 23.5 Å². The molecule has 0 unspecified atom stereocenters. The van der Waals surface area contributed by atoms with E-state index in [4.69, 9.17) is 10.8 Å². The number of hydrogen-bond acceptors (Lipinski definition) is 11. The van der Waals surface area contributed by atoms with E-state index in [9.17, 15) is 27.2 Å². The van der Waals surface area contributed by atoms with E-state index in [-0.39, 0.29) is 36.2 Å². The number of halogens is 4. The number of aliphatic carboxylic acids is 1. The molecule has 0 saturated carbocycles. The number of nitrogen functional groups attached to an aromatic ring is 1. The van der Waals surface area contributed by atoms with Crippen LogP contribution < -0.4 is 5.73 Å². The molecule has 0 bridgehead atoms. The molecule has 0 atom stereocenters. The predicted octanol–water partition coefficient (Wildman–Crippen LogP) is 8.01. The summed E-state index contributed by atoms with van der Waals surface area (Å²) in [5.74, 6) is -3.08. The van der Waals surface area contributed by atoms with Crippen LogP contribution in [0.15, 0.2) is 146 Å². The highest BCUT2D eigenvalue weighted by Gasteiger charge is 2.12. The second-order valence-corrected chi connectivity index (χ2v) is 13.1. The first-order chi connectivity index (χ1) is 29.5. The fourth-order valence-electron chi connectivity index (χ4n) is 5.76. The van der Waals surface area contributed by atoms with Gasteiger partial charge in [-0.3, -0.25) is 14.6 Å². The molecular formula is C45H33F4N9O3. The van der Waals surface area contributed by atoms with E-state index in [1.807, 2.05) is 30.3 Å². The maximum atomic E-state index is 14.5. The summed E-state index contributed by atoms with van der Waals surface area (Å²) in [7, 11) is 0. The number of benzene rings is 2. The van der Waals surface area contributed by atoms with Gasteiger partial charge in [0.05, 0.1) is 17.8 Å². The lowest BCUT2D eigenvalue weighted by Gasteiger charge is -2.07. The predicted molar refractivity (Wildman–Crippen MR) is 218 cm³/mol. The van der Waals surface area contributed by atoms with E-state index in [1.54, 1.807) is 55.1 Å². The van der Waals surface area contributed by atoms with Gasteiger partial charge in [-0.2, -0.15) is 29.2 Å². The molecule has 2 aromatic carbocycles. The van der Waals surface area contributed by atoms with Crippen LogP contribution >= 0.6 is 0 Å².